The molecule has 1 aromatic carbocycles. The molecule has 0 aromatic heterocycles. The highest BCUT2D eigenvalue weighted by Gasteiger charge is 2.28. The molecule has 0 saturated heterocycles. The zero-order chi connectivity index (χ0) is 14.4. The van der Waals surface area contributed by atoms with Gasteiger partial charge in [-0.3, -0.25) is 4.79 Å². The number of sulfone groups is 1. The molecule has 0 bridgehead atoms. The average molecular weight is 411 g/mol. The number of hydrogen-bond donors (Lipinski definition) is 1. The summed E-state index contributed by atoms with van der Waals surface area (Å²) in [4.78, 5) is 11.0. The fraction of sp³-hybridized carbons (Fsp3) is 0.417. The molecule has 1 N–H and O–H groups in total. The second kappa shape index (κ2) is 5.18. The number of anilines is 1. The van der Waals surface area contributed by atoms with E-state index in [2.05, 4.69) is 37.2 Å². The number of hydrogen-bond acceptors (Lipinski definition) is 3. The lowest BCUT2D eigenvalue weighted by Crippen LogP contribution is -2.21. The molecule has 1 aromatic rings. The minimum Gasteiger partial charge on any atom is -0.325 e. The maximum atomic E-state index is 11.6. The third kappa shape index (κ3) is 3.03. The van der Waals surface area contributed by atoms with Crippen LogP contribution in [0.25, 0.3) is 0 Å². The first-order chi connectivity index (χ1) is 8.70. The standard InChI is InChI=1S/C12H13Br2NO3S/c1-6(19(2,17)18)12(14)8-3-7-4-11(16)15-10(7)5-9(8)13/h3,5-6,12H,4H2,1-2H3,(H,15,16). The third-order valence-corrected chi connectivity index (χ3v) is 7.18. The lowest BCUT2D eigenvalue weighted by atomic mass is 10.0. The van der Waals surface area contributed by atoms with Gasteiger partial charge < -0.3 is 5.32 Å². The van der Waals surface area contributed by atoms with Gasteiger partial charge in [0.2, 0.25) is 5.91 Å². The minimum atomic E-state index is -3.14. The summed E-state index contributed by atoms with van der Waals surface area (Å²) >= 11 is 6.88. The molecule has 1 amide bonds. The van der Waals surface area contributed by atoms with Crippen LogP contribution >= 0.6 is 31.9 Å². The molecule has 0 saturated carbocycles. The zero-order valence-corrected chi connectivity index (χ0v) is 14.4. The fourth-order valence-corrected chi connectivity index (χ4v) is 4.98. The number of carbonyl (C=O) groups is 1. The van der Waals surface area contributed by atoms with Gasteiger partial charge in [0.15, 0.2) is 9.84 Å². The number of halogens is 2. The predicted molar refractivity (Wildman–Crippen MR) is 82.4 cm³/mol. The Morgan fingerprint density at radius 1 is 1.37 bits per heavy atom. The molecule has 2 unspecified atom stereocenters. The summed E-state index contributed by atoms with van der Waals surface area (Å²) in [6, 6.07) is 3.69. The quantitative estimate of drug-likeness (QED) is 0.779. The van der Waals surface area contributed by atoms with Crippen LogP contribution in [0, 0.1) is 0 Å². The van der Waals surface area contributed by atoms with Crippen LogP contribution < -0.4 is 5.32 Å². The molecular weight excluding hydrogens is 398 g/mol. The van der Waals surface area contributed by atoms with Crippen molar-refractivity contribution in [1.29, 1.82) is 0 Å². The molecule has 1 aliphatic rings. The van der Waals surface area contributed by atoms with E-state index >= 15 is 0 Å². The highest BCUT2D eigenvalue weighted by atomic mass is 79.9. The summed E-state index contributed by atoms with van der Waals surface area (Å²) in [6.07, 6.45) is 1.56. The molecule has 0 spiro atoms. The Labute approximate surface area is 129 Å². The van der Waals surface area contributed by atoms with Crippen LogP contribution in [0.2, 0.25) is 0 Å². The van der Waals surface area contributed by atoms with Gasteiger partial charge in [0.1, 0.15) is 0 Å². The molecule has 104 valence electrons. The first kappa shape index (κ1) is 15.0. The summed E-state index contributed by atoms with van der Waals surface area (Å²) in [5.41, 5.74) is 2.52. The van der Waals surface area contributed by atoms with Crippen LogP contribution in [-0.4, -0.2) is 25.8 Å². The number of fused-ring (bicyclic) bond motifs is 1. The fourth-order valence-electron chi connectivity index (χ4n) is 1.95. The van der Waals surface area contributed by atoms with E-state index in [0.29, 0.717) is 6.42 Å². The molecule has 7 heteroatoms. The zero-order valence-electron chi connectivity index (χ0n) is 10.4. The first-order valence-electron chi connectivity index (χ1n) is 5.65. The number of benzene rings is 1. The molecule has 0 fully saturated rings. The minimum absolute atomic E-state index is 0.0404. The van der Waals surface area contributed by atoms with Crippen LogP contribution in [-0.2, 0) is 21.1 Å². The first-order valence-corrected chi connectivity index (χ1v) is 9.31. The van der Waals surface area contributed by atoms with Gasteiger partial charge in [0, 0.05) is 16.4 Å². The summed E-state index contributed by atoms with van der Waals surface area (Å²) in [5.74, 6) is -0.0404. The van der Waals surface area contributed by atoms with Gasteiger partial charge in [0.05, 0.1) is 16.5 Å². The summed E-state index contributed by atoms with van der Waals surface area (Å²) in [6.45, 7) is 1.66. The van der Waals surface area contributed by atoms with E-state index in [1.807, 2.05) is 12.1 Å². The van der Waals surface area contributed by atoms with Crippen molar-refractivity contribution in [3.8, 4) is 0 Å². The maximum Gasteiger partial charge on any atom is 0.228 e. The van der Waals surface area contributed by atoms with Crippen LogP contribution in [0.1, 0.15) is 22.9 Å². The molecular formula is C12H13Br2NO3S. The van der Waals surface area contributed by atoms with Crippen molar-refractivity contribution in [2.24, 2.45) is 0 Å². The molecule has 1 aliphatic heterocycles. The Balaban J connectivity index is 2.42. The lowest BCUT2D eigenvalue weighted by Gasteiger charge is -2.19. The van der Waals surface area contributed by atoms with Crippen LogP contribution in [0.3, 0.4) is 0 Å². The third-order valence-electron chi connectivity index (χ3n) is 3.23. The van der Waals surface area contributed by atoms with Gasteiger partial charge in [-0.25, -0.2) is 8.42 Å². The van der Waals surface area contributed by atoms with Gasteiger partial charge in [-0.15, -0.1) is 0 Å². The molecule has 2 rings (SSSR count). The Morgan fingerprint density at radius 2 is 2.00 bits per heavy atom. The molecule has 0 aliphatic carbocycles. The van der Waals surface area contributed by atoms with Gasteiger partial charge >= 0.3 is 0 Å². The normalized spacial score (nSPS) is 17.8. The Bertz CT molecular complexity index is 643. The summed E-state index contributed by atoms with van der Waals surface area (Å²) in [5, 5.41) is 2.21. The van der Waals surface area contributed by atoms with E-state index in [4.69, 9.17) is 0 Å². The van der Waals surface area contributed by atoms with E-state index in [-0.39, 0.29) is 10.7 Å². The molecule has 19 heavy (non-hydrogen) atoms. The van der Waals surface area contributed by atoms with Crippen molar-refractivity contribution in [2.75, 3.05) is 11.6 Å². The highest BCUT2D eigenvalue weighted by molar-refractivity contribution is 9.11. The van der Waals surface area contributed by atoms with E-state index in [1.54, 1.807) is 6.92 Å². The number of rotatable bonds is 3. The van der Waals surface area contributed by atoms with Crippen molar-refractivity contribution >= 4 is 53.3 Å². The van der Waals surface area contributed by atoms with Crippen molar-refractivity contribution < 1.29 is 13.2 Å². The van der Waals surface area contributed by atoms with Gasteiger partial charge in [-0.05, 0) is 24.1 Å². The van der Waals surface area contributed by atoms with Gasteiger partial charge in [-0.2, -0.15) is 0 Å². The van der Waals surface area contributed by atoms with Crippen molar-refractivity contribution in [3.63, 3.8) is 0 Å². The number of carbonyl (C=O) groups excluding carboxylic acids is 1. The van der Waals surface area contributed by atoms with Crippen LogP contribution in [0.4, 0.5) is 5.69 Å². The largest absolute Gasteiger partial charge is 0.325 e. The number of nitrogens with one attached hydrogen (secondary N) is 1. The number of alkyl halides is 1. The second-order valence-electron chi connectivity index (χ2n) is 4.69. The smallest absolute Gasteiger partial charge is 0.228 e. The summed E-state index contributed by atoms with van der Waals surface area (Å²) in [7, 11) is -3.14. The molecule has 0 radical (unpaired) electrons. The Morgan fingerprint density at radius 3 is 2.58 bits per heavy atom. The van der Waals surface area contributed by atoms with Crippen molar-refractivity contribution in [2.45, 2.75) is 23.4 Å². The maximum absolute atomic E-state index is 11.6. The van der Waals surface area contributed by atoms with Gasteiger partial charge in [0.25, 0.3) is 0 Å². The average Bonchev–Trinajstić information content (AvgIpc) is 2.64. The van der Waals surface area contributed by atoms with Crippen molar-refractivity contribution in [3.05, 3.63) is 27.7 Å². The van der Waals surface area contributed by atoms with Crippen molar-refractivity contribution in [1.82, 2.24) is 0 Å². The molecule has 2 atom stereocenters. The SMILES string of the molecule is CC(C(Br)c1cc2c(cc1Br)NC(=O)C2)S(C)(=O)=O. The predicted octanol–water partition coefficient (Wildman–Crippen LogP) is 2.81. The van der Waals surface area contributed by atoms with E-state index in [1.165, 1.54) is 6.26 Å². The Kier molecular flexibility index (Phi) is 4.09. The lowest BCUT2D eigenvalue weighted by molar-refractivity contribution is -0.115. The highest BCUT2D eigenvalue weighted by Crippen LogP contribution is 2.39. The van der Waals surface area contributed by atoms with Gasteiger partial charge in [-0.1, -0.05) is 37.9 Å². The second-order valence-corrected chi connectivity index (χ2v) is 8.94. The van der Waals surface area contributed by atoms with E-state index < -0.39 is 15.1 Å². The Hall–Kier alpha value is -0.400. The number of amides is 1. The van der Waals surface area contributed by atoms with E-state index in [0.717, 1.165) is 21.3 Å². The van der Waals surface area contributed by atoms with E-state index in [9.17, 15) is 13.2 Å². The summed E-state index contributed by atoms with van der Waals surface area (Å²) < 4.78 is 24.0. The van der Waals surface area contributed by atoms with Crippen LogP contribution in [0.15, 0.2) is 16.6 Å². The topological polar surface area (TPSA) is 63.2 Å². The van der Waals surface area contributed by atoms with Crippen LogP contribution in [0.5, 0.6) is 0 Å². The molecule has 4 nitrogen and oxygen atoms in total. The monoisotopic (exact) mass is 409 g/mol. The molecule has 1 heterocycles.